The van der Waals surface area contributed by atoms with E-state index in [4.69, 9.17) is 5.11 Å². The van der Waals surface area contributed by atoms with Crippen LogP contribution in [0.1, 0.15) is 16.9 Å². The molecule has 0 aliphatic carbocycles. The number of aryl methyl sites for hydroxylation is 1. The molecule has 4 heteroatoms. The summed E-state index contributed by atoms with van der Waals surface area (Å²) in [6.45, 7) is 5.86. The zero-order valence-electron chi connectivity index (χ0n) is 15.8. The van der Waals surface area contributed by atoms with Gasteiger partial charge in [0.2, 0.25) is 0 Å². The predicted molar refractivity (Wildman–Crippen MR) is 116 cm³/mol. The molecular weight excluding hydrogens is 352 g/mol. The Bertz CT molecular complexity index is 853. The van der Waals surface area contributed by atoms with Gasteiger partial charge in [-0.2, -0.15) is 0 Å². The van der Waals surface area contributed by atoms with Gasteiger partial charge in [0, 0.05) is 60.0 Å². The summed E-state index contributed by atoms with van der Waals surface area (Å²) in [5.41, 5.74) is 2.81. The first-order valence-corrected chi connectivity index (χ1v) is 10.8. The smallest absolute Gasteiger partial charge is 0.0455 e. The zero-order valence-corrected chi connectivity index (χ0v) is 16.6. The van der Waals surface area contributed by atoms with E-state index in [0.717, 1.165) is 52.0 Å². The van der Waals surface area contributed by atoms with Crippen LogP contribution in [0.4, 0.5) is 5.69 Å². The van der Waals surface area contributed by atoms with Crippen LogP contribution >= 0.6 is 11.3 Å². The first-order valence-electron chi connectivity index (χ1n) is 9.97. The molecule has 1 aliphatic heterocycles. The molecule has 0 spiro atoms. The molecule has 1 fully saturated rings. The van der Waals surface area contributed by atoms with E-state index in [0.29, 0.717) is 0 Å². The van der Waals surface area contributed by atoms with E-state index in [1.165, 1.54) is 26.2 Å². The van der Waals surface area contributed by atoms with Crippen molar-refractivity contribution in [3.8, 4) is 0 Å². The molecule has 1 aromatic heterocycles. The minimum atomic E-state index is 0.270. The topological polar surface area (TPSA) is 26.7 Å². The Hall–Kier alpha value is -1.88. The molecule has 0 amide bonds. The molecule has 0 radical (unpaired) electrons. The van der Waals surface area contributed by atoms with Gasteiger partial charge in [-0.25, -0.2) is 0 Å². The number of thiophene rings is 1. The van der Waals surface area contributed by atoms with Crippen molar-refractivity contribution in [2.45, 2.75) is 19.3 Å². The highest BCUT2D eigenvalue weighted by molar-refractivity contribution is 7.19. The standard InChI is InChI=1S/C23H28N2OS/c26-17-5-8-20-18-21-22(9-4-10-23(21)27-20)25-15-13-24(14-16-25)12-11-19-6-2-1-3-7-19/h1-4,6-7,9-10,18,26H,5,8,11-17H2. The van der Waals surface area contributed by atoms with Crippen molar-refractivity contribution in [2.75, 3.05) is 44.2 Å². The van der Waals surface area contributed by atoms with Crippen molar-refractivity contribution in [2.24, 2.45) is 0 Å². The van der Waals surface area contributed by atoms with Gasteiger partial charge in [-0.05, 0) is 43.0 Å². The van der Waals surface area contributed by atoms with Crippen LogP contribution in [-0.2, 0) is 12.8 Å². The fourth-order valence-corrected chi connectivity index (χ4v) is 5.02. The third-order valence-corrected chi connectivity index (χ3v) is 6.60. The molecule has 27 heavy (non-hydrogen) atoms. The molecule has 0 unspecified atom stereocenters. The average Bonchev–Trinajstić information content (AvgIpc) is 3.15. The van der Waals surface area contributed by atoms with Crippen LogP contribution in [0.3, 0.4) is 0 Å². The van der Waals surface area contributed by atoms with Crippen LogP contribution in [0.5, 0.6) is 0 Å². The molecule has 2 heterocycles. The Balaban J connectivity index is 1.38. The monoisotopic (exact) mass is 380 g/mol. The summed E-state index contributed by atoms with van der Waals surface area (Å²) in [5.74, 6) is 0. The molecule has 0 bridgehead atoms. The maximum absolute atomic E-state index is 9.09. The van der Waals surface area contributed by atoms with Crippen LogP contribution in [0.25, 0.3) is 10.1 Å². The quantitative estimate of drug-likeness (QED) is 0.666. The summed E-state index contributed by atoms with van der Waals surface area (Å²) in [5, 5.41) is 10.5. The van der Waals surface area contributed by atoms with Gasteiger partial charge < -0.3 is 10.0 Å². The van der Waals surface area contributed by atoms with E-state index in [9.17, 15) is 0 Å². The number of nitrogens with zero attached hydrogens (tertiary/aromatic N) is 2. The zero-order chi connectivity index (χ0) is 18.5. The van der Waals surface area contributed by atoms with Gasteiger partial charge >= 0.3 is 0 Å². The lowest BCUT2D eigenvalue weighted by atomic mass is 10.1. The Kier molecular flexibility index (Phi) is 6.07. The lowest BCUT2D eigenvalue weighted by molar-refractivity contribution is 0.261. The van der Waals surface area contributed by atoms with E-state index in [-0.39, 0.29) is 6.61 Å². The highest BCUT2D eigenvalue weighted by Crippen LogP contribution is 2.34. The first kappa shape index (κ1) is 18.5. The molecule has 3 nitrogen and oxygen atoms in total. The summed E-state index contributed by atoms with van der Waals surface area (Å²) < 4.78 is 1.37. The molecule has 1 saturated heterocycles. The van der Waals surface area contributed by atoms with Gasteiger partial charge in [-0.15, -0.1) is 11.3 Å². The van der Waals surface area contributed by atoms with E-state index in [2.05, 4.69) is 64.4 Å². The van der Waals surface area contributed by atoms with Crippen LogP contribution in [0.15, 0.2) is 54.6 Å². The fraction of sp³-hybridized carbons (Fsp3) is 0.391. The number of piperazine rings is 1. The number of aliphatic hydroxyl groups excluding tert-OH is 1. The molecule has 0 saturated carbocycles. The maximum Gasteiger partial charge on any atom is 0.0455 e. The van der Waals surface area contributed by atoms with Crippen molar-refractivity contribution in [3.63, 3.8) is 0 Å². The van der Waals surface area contributed by atoms with E-state index < -0.39 is 0 Å². The maximum atomic E-state index is 9.09. The van der Waals surface area contributed by atoms with Crippen molar-refractivity contribution in [1.29, 1.82) is 0 Å². The Labute approximate surface area is 165 Å². The number of aliphatic hydroxyl groups is 1. The number of rotatable bonds is 7. The first-order chi connectivity index (χ1) is 13.3. The van der Waals surface area contributed by atoms with Crippen molar-refractivity contribution < 1.29 is 5.11 Å². The lowest BCUT2D eigenvalue weighted by Crippen LogP contribution is -2.47. The van der Waals surface area contributed by atoms with Gasteiger partial charge in [0.1, 0.15) is 0 Å². The Morgan fingerprint density at radius 2 is 1.70 bits per heavy atom. The summed E-state index contributed by atoms with van der Waals surface area (Å²) in [6, 6.07) is 19.8. The van der Waals surface area contributed by atoms with E-state index in [1.54, 1.807) is 0 Å². The second kappa shape index (κ2) is 8.87. The molecule has 142 valence electrons. The average molecular weight is 381 g/mol. The molecule has 4 rings (SSSR count). The van der Waals surface area contributed by atoms with E-state index in [1.807, 2.05) is 11.3 Å². The molecule has 1 N–H and O–H groups in total. The molecular formula is C23H28N2OS. The molecule has 0 atom stereocenters. The highest BCUT2D eigenvalue weighted by atomic mass is 32.1. The Morgan fingerprint density at radius 3 is 2.48 bits per heavy atom. The van der Waals surface area contributed by atoms with Gasteiger partial charge in [0.05, 0.1) is 0 Å². The minimum Gasteiger partial charge on any atom is -0.396 e. The van der Waals surface area contributed by atoms with Gasteiger partial charge in [-0.1, -0.05) is 36.4 Å². The third kappa shape index (κ3) is 4.52. The van der Waals surface area contributed by atoms with Crippen LogP contribution in [0.2, 0.25) is 0 Å². The molecule has 3 aromatic rings. The summed E-state index contributed by atoms with van der Waals surface area (Å²) in [4.78, 5) is 6.52. The third-order valence-electron chi connectivity index (χ3n) is 5.44. The molecule has 2 aromatic carbocycles. The van der Waals surface area contributed by atoms with Crippen LogP contribution in [-0.4, -0.2) is 49.3 Å². The van der Waals surface area contributed by atoms with Crippen molar-refractivity contribution in [3.05, 3.63) is 65.0 Å². The number of hydrogen-bond donors (Lipinski definition) is 1. The van der Waals surface area contributed by atoms with E-state index >= 15 is 0 Å². The second-order valence-corrected chi connectivity index (χ2v) is 8.46. The van der Waals surface area contributed by atoms with Gasteiger partial charge in [0.25, 0.3) is 0 Å². The van der Waals surface area contributed by atoms with Crippen molar-refractivity contribution >= 4 is 27.1 Å². The number of anilines is 1. The Morgan fingerprint density at radius 1 is 0.889 bits per heavy atom. The number of hydrogen-bond acceptors (Lipinski definition) is 4. The van der Waals surface area contributed by atoms with Crippen molar-refractivity contribution in [1.82, 2.24) is 4.90 Å². The normalized spacial score (nSPS) is 15.5. The number of fused-ring (bicyclic) bond motifs is 1. The summed E-state index contributed by atoms with van der Waals surface area (Å²) in [7, 11) is 0. The minimum absolute atomic E-state index is 0.270. The predicted octanol–water partition coefficient (Wildman–Crippen LogP) is 4.19. The highest BCUT2D eigenvalue weighted by Gasteiger charge is 2.19. The van der Waals surface area contributed by atoms with Crippen LogP contribution < -0.4 is 4.90 Å². The van der Waals surface area contributed by atoms with Crippen LogP contribution in [0, 0.1) is 0 Å². The van der Waals surface area contributed by atoms with Gasteiger partial charge in [-0.3, -0.25) is 4.90 Å². The lowest BCUT2D eigenvalue weighted by Gasteiger charge is -2.36. The second-order valence-electron chi connectivity index (χ2n) is 7.29. The number of benzene rings is 2. The van der Waals surface area contributed by atoms with Gasteiger partial charge in [0.15, 0.2) is 0 Å². The fourth-order valence-electron chi connectivity index (χ4n) is 3.89. The summed E-state index contributed by atoms with van der Waals surface area (Å²) in [6.07, 6.45) is 2.96. The largest absolute Gasteiger partial charge is 0.396 e. The SMILES string of the molecule is OCCCc1cc2c(N3CCN(CCc4ccccc4)CC3)cccc2s1. The summed E-state index contributed by atoms with van der Waals surface area (Å²) >= 11 is 1.87. The molecule has 1 aliphatic rings.